The molecule has 0 saturated carbocycles. The summed E-state index contributed by atoms with van der Waals surface area (Å²) in [5.74, 6) is 0. The summed E-state index contributed by atoms with van der Waals surface area (Å²) in [5, 5.41) is 13.8. The van der Waals surface area contributed by atoms with Crippen molar-refractivity contribution >= 4 is 0 Å². The third-order valence-electron chi connectivity index (χ3n) is 2.98. The molecule has 0 bridgehead atoms. The van der Waals surface area contributed by atoms with Gasteiger partial charge in [0.25, 0.3) is 0 Å². The summed E-state index contributed by atoms with van der Waals surface area (Å²) in [6.45, 7) is 4.01. The first kappa shape index (κ1) is 14.0. The van der Waals surface area contributed by atoms with Crippen LogP contribution in [0.25, 0.3) is 0 Å². The van der Waals surface area contributed by atoms with Crippen molar-refractivity contribution in [2.45, 2.75) is 38.6 Å². The van der Waals surface area contributed by atoms with E-state index >= 15 is 0 Å². The van der Waals surface area contributed by atoms with Gasteiger partial charge in [0.1, 0.15) is 0 Å². The zero-order chi connectivity index (χ0) is 13.6. The predicted octanol–water partition coefficient (Wildman–Crippen LogP) is 1.13. The predicted molar refractivity (Wildman–Crippen MR) is 56.3 cm³/mol. The van der Waals surface area contributed by atoms with Gasteiger partial charge >= 0.3 is 6.18 Å². The molecule has 1 rings (SSSR count). The fraction of sp³-hybridized carbons (Fsp3) is 0.700. The van der Waals surface area contributed by atoms with Crippen LogP contribution in [0.15, 0.2) is 0 Å². The van der Waals surface area contributed by atoms with E-state index in [0.29, 0.717) is 0 Å². The van der Waals surface area contributed by atoms with Gasteiger partial charge in [-0.05, 0) is 20.8 Å². The topological polar surface area (TPSA) is 64.1 Å². The van der Waals surface area contributed by atoms with Gasteiger partial charge in [0.2, 0.25) is 5.60 Å². The van der Waals surface area contributed by atoms with E-state index in [0.717, 1.165) is 6.92 Å². The number of aromatic nitrogens is 2. The van der Waals surface area contributed by atoms with Crippen LogP contribution in [0.3, 0.4) is 0 Å². The monoisotopic (exact) mass is 251 g/mol. The first-order valence-electron chi connectivity index (χ1n) is 5.08. The van der Waals surface area contributed by atoms with Crippen molar-refractivity contribution in [1.82, 2.24) is 9.78 Å². The van der Waals surface area contributed by atoms with Crippen LogP contribution in [-0.4, -0.2) is 27.1 Å². The minimum absolute atomic E-state index is 0.127. The Morgan fingerprint density at radius 2 is 1.82 bits per heavy atom. The summed E-state index contributed by atoms with van der Waals surface area (Å²) in [5.41, 5.74) is 2.37. The van der Waals surface area contributed by atoms with Crippen LogP contribution in [0, 0.1) is 13.8 Å². The second-order valence-corrected chi connectivity index (χ2v) is 4.22. The van der Waals surface area contributed by atoms with Gasteiger partial charge in [-0.15, -0.1) is 0 Å². The van der Waals surface area contributed by atoms with Crippen LogP contribution in [0.2, 0.25) is 0 Å². The van der Waals surface area contributed by atoms with Crippen LogP contribution in [0.4, 0.5) is 13.2 Å². The van der Waals surface area contributed by atoms with Crippen molar-refractivity contribution < 1.29 is 18.3 Å². The maximum Gasteiger partial charge on any atom is 0.423 e. The lowest BCUT2D eigenvalue weighted by molar-refractivity contribution is -0.273. The molecule has 98 valence electrons. The molecular formula is C10H16F3N3O. The normalized spacial score (nSPS) is 17.9. The largest absolute Gasteiger partial charge is 0.423 e. The van der Waals surface area contributed by atoms with E-state index in [1.165, 1.54) is 25.6 Å². The highest BCUT2D eigenvalue weighted by molar-refractivity contribution is 5.34. The minimum atomic E-state index is -4.85. The number of hydrogen-bond donors (Lipinski definition) is 2. The zero-order valence-electron chi connectivity index (χ0n) is 10.1. The summed E-state index contributed by atoms with van der Waals surface area (Å²) in [4.78, 5) is 0. The molecule has 3 N–H and O–H groups in total. The lowest BCUT2D eigenvalue weighted by Crippen LogP contribution is -2.54. The van der Waals surface area contributed by atoms with Gasteiger partial charge < -0.3 is 10.8 Å². The second kappa shape index (κ2) is 3.99. The third-order valence-corrected chi connectivity index (χ3v) is 2.98. The number of nitrogens with zero attached hydrogens (tertiary/aromatic N) is 2. The van der Waals surface area contributed by atoms with Crippen LogP contribution in [0.1, 0.15) is 23.9 Å². The summed E-state index contributed by atoms with van der Waals surface area (Å²) in [6, 6.07) is -1.48. The minimum Gasteiger partial charge on any atom is -0.375 e. The highest BCUT2D eigenvalue weighted by Gasteiger charge is 2.59. The smallest absolute Gasteiger partial charge is 0.375 e. The molecule has 17 heavy (non-hydrogen) atoms. The average Bonchev–Trinajstić information content (AvgIpc) is 2.38. The molecule has 2 unspecified atom stereocenters. The Kier molecular flexibility index (Phi) is 3.28. The van der Waals surface area contributed by atoms with Crippen LogP contribution in [-0.2, 0) is 12.6 Å². The van der Waals surface area contributed by atoms with Crippen molar-refractivity contribution in [1.29, 1.82) is 0 Å². The van der Waals surface area contributed by atoms with Gasteiger partial charge in [0, 0.05) is 24.3 Å². The van der Waals surface area contributed by atoms with Crippen molar-refractivity contribution in [3.8, 4) is 0 Å². The molecule has 0 aliphatic heterocycles. The molecule has 0 amide bonds. The molecule has 7 heteroatoms. The number of alkyl halides is 3. The van der Waals surface area contributed by atoms with Crippen LogP contribution >= 0.6 is 0 Å². The zero-order valence-corrected chi connectivity index (χ0v) is 10.1. The highest BCUT2D eigenvalue weighted by atomic mass is 19.4. The Hall–Kier alpha value is -1.08. The molecule has 0 fully saturated rings. The first-order chi connectivity index (χ1) is 7.53. The summed E-state index contributed by atoms with van der Waals surface area (Å²) >= 11 is 0. The van der Waals surface area contributed by atoms with Gasteiger partial charge in [-0.3, -0.25) is 4.68 Å². The maximum absolute atomic E-state index is 13.0. The van der Waals surface area contributed by atoms with Crippen LogP contribution < -0.4 is 5.73 Å². The lowest BCUT2D eigenvalue weighted by Gasteiger charge is -2.34. The van der Waals surface area contributed by atoms with E-state index in [2.05, 4.69) is 5.10 Å². The molecular weight excluding hydrogens is 235 g/mol. The standard InChI is InChI=1S/C10H16F3N3O/c1-5-8(6(2)16(4)15-5)9(17,7(3)14)10(11,12)13/h7,17H,14H2,1-4H3. The van der Waals surface area contributed by atoms with Crippen molar-refractivity contribution in [3.63, 3.8) is 0 Å². The number of nitrogens with two attached hydrogens (primary N) is 1. The molecule has 1 heterocycles. The Balaban J connectivity index is 3.55. The van der Waals surface area contributed by atoms with Crippen LogP contribution in [0.5, 0.6) is 0 Å². The van der Waals surface area contributed by atoms with E-state index in [-0.39, 0.29) is 17.0 Å². The molecule has 1 aromatic rings. The molecule has 0 aliphatic carbocycles. The van der Waals surface area contributed by atoms with E-state index < -0.39 is 17.8 Å². The second-order valence-electron chi connectivity index (χ2n) is 4.22. The molecule has 0 saturated heterocycles. The average molecular weight is 251 g/mol. The number of halogens is 3. The van der Waals surface area contributed by atoms with Crippen molar-refractivity contribution in [3.05, 3.63) is 17.0 Å². The summed E-state index contributed by atoms with van der Waals surface area (Å²) < 4.78 is 40.4. The Labute approximate surface area is 97.2 Å². The summed E-state index contributed by atoms with van der Waals surface area (Å²) in [6.07, 6.45) is -4.85. The summed E-state index contributed by atoms with van der Waals surface area (Å²) in [7, 11) is 1.52. The molecule has 2 atom stereocenters. The van der Waals surface area contributed by atoms with E-state index in [9.17, 15) is 18.3 Å². The molecule has 1 aromatic heterocycles. The Morgan fingerprint density at radius 1 is 1.35 bits per heavy atom. The fourth-order valence-electron chi connectivity index (χ4n) is 1.95. The molecule has 0 spiro atoms. The number of aliphatic hydroxyl groups is 1. The van der Waals surface area contributed by atoms with Gasteiger partial charge in [-0.25, -0.2) is 0 Å². The van der Waals surface area contributed by atoms with Gasteiger partial charge in [-0.2, -0.15) is 18.3 Å². The van der Waals surface area contributed by atoms with Gasteiger partial charge in [-0.1, -0.05) is 0 Å². The van der Waals surface area contributed by atoms with Crippen molar-refractivity contribution in [2.75, 3.05) is 0 Å². The molecule has 0 aromatic carbocycles. The van der Waals surface area contributed by atoms with E-state index in [4.69, 9.17) is 5.73 Å². The van der Waals surface area contributed by atoms with Gasteiger partial charge in [0.15, 0.2) is 0 Å². The molecule has 4 nitrogen and oxygen atoms in total. The SMILES string of the molecule is Cc1nn(C)c(C)c1C(O)(C(C)N)C(F)(F)F. The Morgan fingerprint density at radius 3 is 2.06 bits per heavy atom. The number of aryl methyl sites for hydroxylation is 2. The molecule has 0 radical (unpaired) electrons. The Bertz CT molecular complexity index is 425. The highest BCUT2D eigenvalue weighted by Crippen LogP contribution is 2.43. The molecule has 0 aliphatic rings. The number of rotatable bonds is 2. The lowest BCUT2D eigenvalue weighted by atomic mass is 9.85. The number of hydrogen-bond acceptors (Lipinski definition) is 3. The fourth-order valence-corrected chi connectivity index (χ4v) is 1.95. The van der Waals surface area contributed by atoms with Gasteiger partial charge in [0.05, 0.1) is 5.69 Å². The third kappa shape index (κ3) is 1.93. The van der Waals surface area contributed by atoms with E-state index in [1.807, 2.05) is 0 Å². The quantitative estimate of drug-likeness (QED) is 0.828. The first-order valence-corrected chi connectivity index (χ1v) is 5.08. The van der Waals surface area contributed by atoms with E-state index in [1.54, 1.807) is 0 Å². The maximum atomic E-state index is 13.0. The van der Waals surface area contributed by atoms with Crippen molar-refractivity contribution in [2.24, 2.45) is 12.8 Å².